The van der Waals surface area contributed by atoms with Gasteiger partial charge in [-0.3, -0.25) is 4.79 Å². The lowest BCUT2D eigenvalue weighted by atomic mass is 10.0. The molecule has 0 heterocycles. The standard InChI is InChI=1S/C66H127NO3/c1-3-5-7-9-11-13-15-17-19-21-23-25-27-29-31-33-34-35-37-39-41-43-45-47-49-51-53-55-57-59-61-65(69)64(63-68)67-66(70)62-60-58-56-54-52-50-48-46-44-42-40-38-36-32-30-28-26-24-22-20-18-16-14-12-10-8-6-4-2/h43,45,51,53,59,61,64-65,68-69H,3-42,44,46-50,52,54-58,60,62-63H2,1-2H3,(H,67,70)/b45-43+,53-51+,61-59+. The van der Waals surface area contributed by atoms with Gasteiger partial charge in [0.1, 0.15) is 0 Å². The van der Waals surface area contributed by atoms with Crippen molar-refractivity contribution in [3.8, 4) is 0 Å². The Morgan fingerprint density at radius 2 is 0.557 bits per heavy atom. The number of unbranched alkanes of at least 4 members (excludes halogenated alkanes) is 49. The van der Waals surface area contributed by atoms with Gasteiger partial charge in [-0.15, -0.1) is 0 Å². The van der Waals surface area contributed by atoms with Crippen molar-refractivity contribution in [2.24, 2.45) is 0 Å². The number of allylic oxidation sites excluding steroid dienone is 5. The molecule has 2 atom stereocenters. The summed E-state index contributed by atoms with van der Waals surface area (Å²) in [5.74, 6) is -0.0703. The van der Waals surface area contributed by atoms with Gasteiger partial charge in [-0.05, 0) is 44.9 Å². The number of aliphatic hydroxyl groups excluding tert-OH is 2. The van der Waals surface area contributed by atoms with Crippen molar-refractivity contribution in [3.63, 3.8) is 0 Å². The first-order valence-corrected chi connectivity index (χ1v) is 32.2. The van der Waals surface area contributed by atoms with Crippen LogP contribution in [0.4, 0.5) is 0 Å². The fourth-order valence-corrected chi connectivity index (χ4v) is 10.2. The lowest BCUT2D eigenvalue weighted by molar-refractivity contribution is -0.123. The van der Waals surface area contributed by atoms with Gasteiger partial charge < -0.3 is 15.5 Å². The molecule has 0 bridgehead atoms. The monoisotopic (exact) mass is 982 g/mol. The minimum atomic E-state index is -0.870. The molecule has 0 aliphatic carbocycles. The summed E-state index contributed by atoms with van der Waals surface area (Å²) in [5, 5.41) is 23.2. The van der Waals surface area contributed by atoms with Crippen molar-refractivity contribution >= 4 is 5.91 Å². The number of rotatable bonds is 60. The van der Waals surface area contributed by atoms with E-state index in [1.165, 1.54) is 302 Å². The van der Waals surface area contributed by atoms with Crippen LogP contribution in [0, 0.1) is 0 Å². The van der Waals surface area contributed by atoms with Gasteiger partial charge in [0.05, 0.1) is 18.8 Å². The van der Waals surface area contributed by atoms with Crippen LogP contribution in [-0.2, 0) is 4.79 Å². The second-order valence-corrected chi connectivity index (χ2v) is 22.2. The maximum atomic E-state index is 12.5. The molecule has 0 saturated carbocycles. The molecule has 4 nitrogen and oxygen atoms in total. The van der Waals surface area contributed by atoms with E-state index in [2.05, 4.69) is 43.5 Å². The van der Waals surface area contributed by atoms with Crippen LogP contribution in [0.3, 0.4) is 0 Å². The quantitative estimate of drug-likeness (QED) is 0.0420. The van der Waals surface area contributed by atoms with Crippen LogP contribution >= 0.6 is 0 Å². The van der Waals surface area contributed by atoms with Crippen molar-refractivity contribution < 1.29 is 15.0 Å². The average molecular weight is 983 g/mol. The highest BCUT2D eigenvalue weighted by Crippen LogP contribution is 2.18. The van der Waals surface area contributed by atoms with E-state index in [4.69, 9.17) is 0 Å². The molecule has 414 valence electrons. The number of aliphatic hydroxyl groups is 2. The second-order valence-electron chi connectivity index (χ2n) is 22.2. The molecule has 4 heteroatoms. The third-order valence-corrected chi connectivity index (χ3v) is 15.1. The fraction of sp³-hybridized carbons (Fsp3) is 0.894. The van der Waals surface area contributed by atoms with E-state index in [-0.39, 0.29) is 12.5 Å². The topological polar surface area (TPSA) is 69.6 Å². The summed E-state index contributed by atoms with van der Waals surface area (Å²) in [7, 11) is 0. The third kappa shape index (κ3) is 57.5. The highest BCUT2D eigenvalue weighted by Gasteiger charge is 2.18. The Morgan fingerprint density at radius 3 is 0.829 bits per heavy atom. The lowest BCUT2D eigenvalue weighted by Crippen LogP contribution is -2.45. The molecular weight excluding hydrogens is 855 g/mol. The summed E-state index contributed by atoms with van der Waals surface area (Å²) in [6.07, 6.45) is 85.0. The minimum absolute atomic E-state index is 0.0703. The molecule has 0 saturated heterocycles. The molecule has 3 N–H and O–H groups in total. The van der Waals surface area contributed by atoms with Gasteiger partial charge in [0.2, 0.25) is 5.91 Å². The van der Waals surface area contributed by atoms with Crippen LogP contribution in [0.15, 0.2) is 36.5 Å². The van der Waals surface area contributed by atoms with E-state index in [1.54, 1.807) is 6.08 Å². The SMILES string of the molecule is CCCCCCCCCCCCCCCCCCCCCC/C=C/CC/C=C/CC/C=C/C(O)C(CO)NC(=O)CCCCCCCCCCCCCCCCCCCCCCCCCCCCCC. The number of carbonyl (C=O) groups excluding carboxylic acids is 1. The zero-order valence-electron chi connectivity index (χ0n) is 47.8. The fourth-order valence-electron chi connectivity index (χ4n) is 10.2. The zero-order valence-corrected chi connectivity index (χ0v) is 47.8. The van der Waals surface area contributed by atoms with Crippen molar-refractivity contribution in [3.05, 3.63) is 36.5 Å². The van der Waals surface area contributed by atoms with Crippen molar-refractivity contribution in [2.75, 3.05) is 6.61 Å². The van der Waals surface area contributed by atoms with E-state index in [0.717, 1.165) is 38.5 Å². The molecule has 0 aromatic rings. The molecule has 0 aliphatic heterocycles. The number of hydrogen-bond acceptors (Lipinski definition) is 3. The van der Waals surface area contributed by atoms with Gasteiger partial charge in [0.25, 0.3) is 0 Å². The normalized spacial score (nSPS) is 12.9. The van der Waals surface area contributed by atoms with E-state index in [1.807, 2.05) is 6.08 Å². The van der Waals surface area contributed by atoms with Crippen LogP contribution in [-0.4, -0.2) is 34.9 Å². The number of nitrogens with one attached hydrogen (secondary N) is 1. The van der Waals surface area contributed by atoms with Gasteiger partial charge in [-0.2, -0.15) is 0 Å². The molecule has 0 aliphatic rings. The molecule has 2 unspecified atom stereocenters. The average Bonchev–Trinajstić information content (AvgIpc) is 3.36. The summed E-state index contributed by atoms with van der Waals surface area (Å²) in [6.45, 7) is 4.34. The Bertz CT molecular complexity index is 1070. The van der Waals surface area contributed by atoms with E-state index in [9.17, 15) is 15.0 Å². The Hall–Kier alpha value is -1.39. The van der Waals surface area contributed by atoms with Crippen LogP contribution < -0.4 is 5.32 Å². The van der Waals surface area contributed by atoms with Crippen molar-refractivity contribution in [2.45, 2.75) is 373 Å². The number of hydrogen-bond donors (Lipinski definition) is 3. The maximum absolute atomic E-state index is 12.5. The highest BCUT2D eigenvalue weighted by atomic mass is 16.3. The van der Waals surface area contributed by atoms with Gasteiger partial charge in [-0.25, -0.2) is 0 Å². The van der Waals surface area contributed by atoms with Gasteiger partial charge >= 0.3 is 0 Å². The summed E-state index contributed by atoms with van der Waals surface area (Å²) in [5.41, 5.74) is 0. The minimum Gasteiger partial charge on any atom is -0.394 e. The van der Waals surface area contributed by atoms with Crippen LogP contribution in [0.1, 0.15) is 361 Å². The molecule has 0 radical (unpaired) electrons. The summed E-state index contributed by atoms with van der Waals surface area (Å²) in [6, 6.07) is -0.645. The van der Waals surface area contributed by atoms with Gasteiger partial charge in [-0.1, -0.05) is 346 Å². The van der Waals surface area contributed by atoms with E-state index in [0.29, 0.717) is 6.42 Å². The first-order chi connectivity index (χ1) is 34.7. The van der Waals surface area contributed by atoms with Crippen LogP contribution in [0.5, 0.6) is 0 Å². The largest absolute Gasteiger partial charge is 0.394 e. The van der Waals surface area contributed by atoms with Crippen LogP contribution in [0.25, 0.3) is 0 Å². The predicted molar refractivity (Wildman–Crippen MR) is 313 cm³/mol. The molecule has 0 aromatic carbocycles. The first-order valence-electron chi connectivity index (χ1n) is 32.2. The number of carbonyl (C=O) groups is 1. The van der Waals surface area contributed by atoms with E-state index < -0.39 is 12.1 Å². The van der Waals surface area contributed by atoms with Crippen molar-refractivity contribution in [1.82, 2.24) is 5.32 Å². The molecule has 0 spiro atoms. The summed E-state index contributed by atoms with van der Waals surface area (Å²) < 4.78 is 0. The third-order valence-electron chi connectivity index (χ3n) is 15.1. The smallest absolute Gasteiger partial charge is 0.220 e. The molecule has 1 amide bonds. The Balaban J connectivity index is 3.49. The Morgan fingerprint density at radius 1 is 0.329 bits per heavy atom. The first kappa shape index (κ1) is 68.6. The Labute approximate surface area is 440 Å². The molecule has 0 aromatic heterocycles. The summed E-state index contributed by atoms with van der Waals surface area (Å²) >= 11 is 0. The summed E-state index contributed by atoms with van der Waals surface area (Å²) in [4.78, 5) is 12.5. The lowest BCUT2D eigenvalue weighted by Gasteiger charge is -2.19. The maximum Gasteiger partial charge on any atom is 0.220 e. The van der Waals surface area contributed by atoms with Crippen molar-refractivity contribution in [1.29, 1.82) is 0 Å². The molecule has 0 rings (SSSR count). The molecule has 0 fully saturated rings. The predicted octanol–water partition coefficient (Wildman–Crippen LogP) is 21.6. The second kappa shape index (κ2) is 61.9. The van der Waals surface area contributed by atoms with Gasteiger partial charge in [0, 0.05) is 6.42 Å². The molecule has 70 heavy (non-hydrogen) atoms. The number of amides is 1. The van der Waals surface area contributed by atoms with E-state index >= 15 is 0 Å². The zero-order chi connectivity index (χ0) is 50.6. The highest BCUT2D eigenvalue weighted by molar-refractivity contribution is 5.76. The van der Waals surface area contributed by atoms with Gasteiger partial charge in [0.15, 0.2) is 0 Å². The van der Waals surface area contributed by atoms with Crippen LogP contribution in [0.2, 0.25) is 0 Å². The molecular formula is C66H127NO3. The Kier molecular flexibility index (Phi) is 60.7.